The predicted octanol–water partition coefficient (Wildman–Crippen LogP) is 4.06. The number of likely N-dealkylation sites (tertiary alicyclic amines) is 1. The molecule has 1 saturated heterocycles. The summed E-state index contributed by atoms with van der Waals surface area (Å²) in [5.74, 6) is 0.962. The van der Waals surface area contributed by atoms with Crippen molar-refractivity contribution in [2.24, 2.45) is 5.92 Å². The molecule has 15 heavy (non-hydrogen) atoms. The molecule has 0 spiro atoms. The molecule has 0 bridgehead atoms. The minimum atomic E-state index is 0.962. The molecule has 0 aliphatic carbocycles. The van der Waals surface area contributed by atoms with Gasteiger partial charge >= 0.3 is 0 Å². The highest BCUT2D eigenvalue weighted by atomic mass is 79.9. The third-order valence-corrected chi connectivity index (χ3v) is 3.91. The van der Waals surface area contributed by atoms with E-state index >= 15 is 0 Å². The van der Waals surface area contributed by atoms with Crippen LogP contribution in [0.2, 0.25) is 0 Å². The molecule has 2 heteroatoms. The standard InChI is InChI=1S/C13H26BrN/c1-2-3-4-5-10-15-11-6-7-13(12-15)8-9-14/h13H,2-12H2,1H3. The third-order valence-electron chi connectivity index (χ3n) is 3.45. The molecule has 90 valence electrons. The van der Waals surface area contributed by atoms with Crippen LogP contribution in [-0.2, 0) is 0 Å². The van der Waals surface area contributed by atoms with E-state index in [1.165, 1.54) is 69.9 Å². The maximum Gasteiger partial charge on any atom is 0.00344 e. The van der Waals surface area contributed by atoms with Gasteiger partial charge in [-0.25, -0.2) is 0 Å². The first-order valence-electron chi connectivity index (χ1n) is 6.65. The molecule has 0 aromatic heterocycles. The van der Waals surface area contributed by atoms with Gasteiger partial charge in [0.1, 0.15) is 0 Å². The third kappa shape index (κ3) is 5.91. The van der Waals surface area contributed by atoms with Crippen molar-refractivity contribution in [3.05, 3.63) is 0 Å². The molecule has 1 atom stereocenters. The van der Waals surface area contributed by atoms with E-state index in [1.54, 1.807) is 0 Å². The predicted molar refractivity (Wildman–Crippen MR) is 71.7 cm³/mol. The summed E-state index contributed by atoms with van der Waals surface area (Å²) in [5.41, 5.74) is 0. The van der Waals surface area contributed by atoms with Crippen molar-refractivity contribution >= 4 is 15.9 Å². The molecule has 0 N–H and O–H groups in total. The Labute approximate surface area is 104 Å². The molecule has 0 amide bonds. The van der Waals surface area contributed by atoms with Gasteiger partial charge in [0, 0.05) is 11.9 Å². The molecule has 1 aliphatic heterocycles. The lowest BCUT2D eigenvalue weighted by Gasteiger charge is -2.32. The van der Waals surface area contributed by atoms with Crippen LogP contribution in [0.15, 0.2) is 0 Å². The minimum absolute atomic E-state index is 0.962. The van der Waals surface area contributed by atoms with Crippen LogP contribution in [0.5, 0.6) is 0 Å². The number of unbranched alkanes of at least 4 members (excludes halogenated alkanes) is 3. The molecule has 0 aromatic carbocycles. The lowest BCUT2D eigenvalue weighted by Crippen LogP contribution is -2.36. The van der Waals surface area contributed by atoms with Crippen LogP contribution in [0.4, 0.5) is 0 Å². The summed E-state index contributed by atoms with van der Waals surface area (Å²) in [5, 5.41) is 1.18. The Kier molecular flexibility index (Phi) is 7.72. The van der Waals surface area contributed by atoms with E-state index in [9.17, 15) is 0 Å². The fourth-order valence-corrected chi connectivity index (χ4v) is 3.15. The molecular weight excluding hydrogens is 250 g/mol. The first-order valence-corrected chi connectivity index (χ1v) is 7.77. The molecule has 1 aliphatic rings. The van der Waals surface area contributed by atoms with Crippen molar-refractivity contribution in [2.75, 3.05) is 25.0 Å². The van der Waals surface area contributed by atoms with Crippen LogP contribution >= 0.6 is 15.9 Å². The average Bonchev–Trinajstić information content (AvgIpc) is 2.26. The van der Waals surface area contributed by atoms with Crippen molar-refractivity contribution in [1.82, 2.24) is 4.90 Å². The monoisotopic (exact) mass is 275 g/mol. The van der Waals surface area contributed by atoms with E-state index in [1.807, 2.05) is 0 Å². The molecule has 1 unspecified atom stereocenters. The lowest BCUT2D eigenvalue weighted by molar-refractivity contribution is 0.170. The van der Waals surface area contributed by atoms with Crippen molar-refractivity contribution in [1.29, 1.82) is 0 Å². The van der Waals surface area contributed by atoms with E-state index in [2.05, 4.69) is 27.8 Å². The summed E-state index contributed by atoms with van der Waals surface area (Å²) in [6.07, 6.45) is 9.85. The highest BCUT2D eigenvalue weighted by molar-refractivity contribution is 9.09. The fraction of sp³-hybridized carbons (Fsp3) is 1.00. The SMILES string of the molecule is CCCCCCN1CCCC(CCBr)C1. The van der Waals surface area contributed by atoms with Gasteiger partial charge in [-0.1, -0.05) is 42.1 Å². The Morgan fingerprint density at radius 1 is 1.27 bits per heavy atom. The summed E-state index contributed by atoms with van der Waals surface area (Å²) < 4.78 is 0. The zero-order valence-corrected chi connectivity index (χ0v) is 11.8. The number of hydrogen-bond acceptors (Lipinski definition) is 1. The molecule has 0 aromatic rings. The van der Waals surface area contributed by atoms with Crippen LogP contribution in [-0.4, -0.2) is 29.9 Å². The summed E-state index contributed by atoms with van der Waals surface area (Å²) in [6, 6.07) is 0. The highest BCUT2D eigenvalue weighted by Gasteiger charge is 2.18. The lowest BCUT2D eigenvalue weighted by atomic mass is 9.95. The molecular formula is C13H26BrN. The van der Waals surface area contributed by atoms with Gasteiger partial charge < -0.3 is 4.90 Å². The first-order chi connectivity index (χ1) is 7.36. The number of alkyl halides is 1. The van der Waals surface area contributed by atoms with Crippen LogP contribution in [0, 0.1) is 5.92 Å². The van der Waals surface area contributed by atoms with E-state index in [4.69, 9.17) is 0 Å². The Bertz CT molecular complexity index is 147. The number of nitrogens with zero attached hydrogens (tertiary/aromatic N) is 1. The van der Waals surface area contributed by atoms with Gasteiger partial charge in [0.25, 0.3) is 0 Å². The minimum Gasteiger partial charge on any atom is -0.303 e. The van der Waals surface area contributed by atoms with Gasteiger partial charge in [0.15, 0.2) is 0 Å². The van der Waals surface area contributed by atoms with Gasteiger partial charge in [-0.2, -0.15) is 0 Å². The maximum absolute atomic E-state index is 3.56. The number of piperidine rings is 1. The van der Waals surface area contributed by atoms with Crippen LogP contribution < -0.4 is 0 Å². The Hall–Kier alpha value is 0.440. The normalized spacial score (nSPS) is 23.2. The Morgan fingerprint density at radius 3 is 2.87 bits per heavy atom. The molecule has 1 nitrogen and oxygen atoms in total. The first kappa shape index (κ1) is 13.5. The van der Waals surface area contributed by atoms with E-state index in [0.29, 0.717) is 0 Å². The van der Waals surface area contributed by atoms with Crippen molar-refractivity contribution in [2.45, 2.75) is 51.9 Å². The van der Waals surface area contributed by atoms with Crippen LogP contribution in [0.25, 0.3) is 0 Å². The fourth-order valence-electron chi connectivity index (χ4n) is 2.51. The smallest absolute Gasteiger partial charge is 0.00344 e. The quantitative estimate of drug-likeness (QED) is 0.500. The molecule has 1 heterocycles. The molecule has 1 fully saturated rings. The number of halogens is 1. The molecule has 0 saturated carbocycles. The van der Waals surface area contributed by atoms with Crippen molar-refractivity contribution < 1.29 is 0 Å². The summed E-state index contributed by atoms with van der Waals surface area (Å²) >= 11 is 3.56. The zero-order valence-electron chi connectivity index (χ0n) is 10.2. The second-order valence-electron chi connectivity index (χ2n) is 4.85. The van der Waals surface area contributed by atoms with Gasteiger partial charge in [-0.15, -0.1) is 0 Å². The Morgan fingerprint density at radius 2 is 2.13 bits per heavy atom. The number of hydrogen-bond donors (Lipinski definition) is 0. The largest absolute Gasteiger partial charge is 0.303 e. The maximum atomic E-state index is 3.56. The van der Waals surface area contributed by atoms with Gasteiger partial charge in [-0.05, 0) is 44.7 Å². The second-order valence-corrected chi connectivity index (χ2v) is 5.64. The zero-order chi connectivity index (χ0) is 10.9. The topological polar surface area (TPSA) is 3.24 Å². The van der Waals surface area contributed by atoms with Gasteiger partial charge in [0.05, 0.1) is 0 Å². The average molecular weight is 276 g/mol. The molecule has 0 radical (unpaired) electrons. The Balaban J connectivity index is 2.07. The summed E-state index contributed by atoms with van der Waals surface area (Å²) in [4.78, 5) is 2.69. The van der Waals surface area contributed by atoms with Crippen LogP contribution in [0.3, 0.4) is 0 Å². The van der Waals surface area contributed by atoms with Crippen molar-refractivity contribution in [3.63, 3.8) is 0 Å². The number of rotatable bonds is 7. The second kappa shape index (κ2) is 8.58. The van der Waals surface area contributed by atoms with E-state index in [0.717, 1.165) is 5.92 Å². The van der Waals surface area contributed by atoms with Gasteiger partial charge in [0.2, 0.25) is 0 Å². The highest BCUT2D eigenvalue weighted by Crippen LogP contribution is 2.20. The van der Waals surface area contributed by atoms with E-state index < -0.39 is 0 Å². The van der Waals surface area contributed by atoms with Gasteiger partial charge in [-0.3, -0.25) is 0 Å². The van der Waals surface area contributed by atoms with Crippen molar-refractivity contribution in [3.8, 4) is 0 Å². The van der Waals surface area contributed by atoms with E-state index in [-0.39, 0.29) is 0 Å². The summed E-state index contributed by atoms with van der Waals surface area (Å²) in [7, 11) is 0. The van der Waals surface area contributed by atoms with Crippen LogP contribution in [0.1, 0.15) is 51.9 Å². The molecule has 1 rings (SSSR count). The summed E-state index contributed by atoms with van der Waals surface area (Å²) in [6.45, 7) is 6.34.